The molecule has 0 fully saturated rings. The third-order valence-electron chi connectivity index (χ3n) is 11.2. The number of ether oxygens (including phenoxy) is 5. The van der Waals surface area contributed by atoms with Crippen molar-refractivity contribution in [1.29, 1.82) is 0 Å². The van der Waals surface area contributed by atoms with Crippen molar-refractivity contribution >= 4 is 40.0 Å². The molecule has 0 aromatic heterocycles. The lowest BCUT2D eigenvalue weighted by molar-refractivity contribution is -0.160. The predicted octanol–water partition coefficient (Wildman–Crippen LogP) is 5.30. The summed E-state index contributed by atoms with van der Waals surface area (Å²) in [6, 6.07) is 1.26. The van der Waals surface area contributed by atoms with Crippen LogP contribution in [0.3, 0.4) is 0 Å². The SMILES string of the molecule is CCCN(C)C(=O)COc1cc2c(O)c3c(O)c(C)c4c(c13)C(=O)[C@@](C)(O/C=C\[C@H](OC)[C@@H](C)[C@@H](OC(C)=O)[C@H](C)[C@H](O)[C@H](C)[C@@H](O)[C@@H](C)/C=C\C=C(\C)C(=O)N2)O4. The first-order chi connectivity index (χ1) is 27.2. The molecule has 318 valence electrons. The van der Waals surface area contributed by atoms with Crippen molar-refractivity contribution in [2.75, 3.05) is 32.6 Å². The monoisotopic (exact) mass is 810 g/mol. The van der Waals surface area contributed by atoms with Gasteiger partial charge in [-0.3, -0.25) is 19.2 Å². The van der Waals surface area contributed by atoms with E-state index in [9.17, 15) is 39.6 Å². The Morgan fingerprint density at radius 3 is 2.28 bits per heavy atom. The van der Waals surface area contributed by atoms with Gasteiger partial charge in [0.25, 0.3) is 17.6 Å². The Morgan fingerprint density at radius 2 is 1.66 bits per heavy atom. The number of aromatic hydroxyl groups is 2. The van der Waals surface area contributed by atoms with Crippen LogP contribution in [0.15, 0.2) is 42.2 Å². The summed E-state index contributed by atoms with van der Waals surface area (Å²) in [7, 11) is 3.05. The number of nitrogens with zero attached hydrogens (tertiary/aromatic N) is 1. The van der Waals surface area contributed by atoms with Crippen molar-refractivity contribution in [3.05, 3.63) is 53.3 Å². The second-order valence-electron chi connectivity index (χ2n) is 15.5. The van der Waals surface area contributed by atoms with Crippen LogP contribution in [0.4, 0.5) is 5.69 Å². The van der Waals surface area contributed by atoms with E-state index in [0.717, 1.165) is 0 Å². The lowest BCUT2D eigenvalue weighted by Crippen LogP contribution is -2.46. The number of aliphatic hydroxyl groups is 2. The van der Waals surface area contributed by atoms with Gasteiger partial charge in [0.05, 0.1) is 41.2 Å². The maximum atomic E-state index is 14.4. The zero-order valence-electron chi connectivity index (χ0n) is 35.1. The summed E-state index contributed by atoms with van der Waals surface area (Å²) in [5, 5.41) is 48.3. The van der Waals surface area contributed by atoms with Crippen LogP contribution in [0.5, 0.6) is 23.0 Å². The van der Waals surface area contributed by atoms with Crippen molar-refractivity contribution in [3.8, 4) is 23.0 Å². The number of phenols is 2. The molecule has 58 heavy (non-hydrogen) atoms. The number of phenolic OH excluding ortho intramolecular Hbond substituents is 2. The summed E-state index contributed by atoms with van der Waals surface area (Å²) in [4.78, 5) is 54.8. The average Bonchev–Trinajstić information content (AvgIpc) is 3.44. The van der Waals surface area contributed by atoms with E-state index in [0.29, 0.717) is 13.0 Å². The Kier molecular flexibility index (Phi) is 14.6. The van der Waals surface area contributed by atoms with E-state index in [-0.39, 0.29) is 50.6 Å². The largest absolute Gasteiger partial charge is 0.507 e. The molecule has 3 aliphatic rings. The van der Waals surface area contributed by atoms with E-state index in [4.69, 9.17) is 23.7 Å². The second-order valence-corrected chi connectivity index (χ2v) is 15.5. The molecule has 2 aromatic rings. The number of Topliss-reactive ketones (excluding diaryl/α,β-unsaturated/α-hetero) is 1. The zero-order chi connectivity index (χ0) is 43.4. The number of methoxy groups -OCH3 is 1. The van der Waals surface area contributed by atoms with Crippen LogP contribution in [0, 0.1) is 30.6 Å². The highest BCUT2D eigenvalue weighted by Gasteiger charge is 2.49. The zero-order valence-corrected chi connectivity index (χ0v) is 35.1. The molecule has 9 atom stereocenters. The first kappa shape index (κ1) is 45.6. The molecule has 15 nitrogen and oxygen atoms in total. The van der Waals surface area contributed by atoms with Crippen LogP contribution in [0.2, 0.25) is 0 Å². The van der Waals surface area contributed by atoms with Crippen molar-refractivity contribution in [1.82, 2.24) is 4.90 Å². The van der Waals surface area contributed by atoms with Crippen LogP contribution in [-0.4, -0.2) is 106 Å². The molecule has 0 spiro atoms. The Balaban J connectivity index is 1.93. The molecule has 5 bridgehead atoms. The smallest absolute Gasteiger partial charge is 0.312 e. The topological polar surface area (TPSA) is 211 Å². The Morgan fingerprint density at radius 1 is 0.983 bits per heavy atom. The second kappa shape index (κ2) is 18.6. The normalized spacial score (nSPS) is 30.1. The summed E-state index contributed by atoms with van der Waals surface area (Å²) < 4.78 is 29.6. The number of rotatable bonds is 7. The van der Waals surface area contributed by atoms with Gasteiger partial charge >= 0.3 is 11.8 Å². The van der Waals surface area contributed by atoms with Crippen molar-refractivity contribution in [2.45, 2.75) is 98.9 Å². The molecule has 0 aliphatic carbocycles. The first-order valence-electron chi connectivity index (χ1n) is 19.4. The van der Waals surface area contributed by atoms with Gasteiger partial charge in [-0.25, -0.2) is 0 Å². The van der Waals surface area contributed by atoms with Gasteiger partial charge < -0.3 is 54.3 Å². The number of esters is 1. The van der Waals surface area contributed by atoms with Gasteiger partial charge in [0.2, 0.25) is 0 Å². The number of amides is 2. The molecule has 5 N–H and O–H groups in total. The number of carbonyl (C=O) groups excluding carboxylic acids is 4. The Bertz CT molecular complexity index is 1990. The lowest BCUT2D eigenvalue weighted by atomic mass is 9.78. The summed E-state index contributed by atoms with van der Waals surface area (Å²) in [6.07, 6.45) is 4.29. The van der Waals surface area contributed by atoms with E-state index in [1.54, 1.807) is 46.9 Å². The van der Waals surface area contributed by atoms with E-state index >= 15 is 0 Å². The number of aliphatic hydroxyl groups excluding tert-OH is 2. The number of allylic oxidation sites excluding steroid dienone is 2. The number of ketones is 1. The first-order valence-corrected chi connectivity index (χ1v) is 19.4. The highest BCUT2D eigenvalue weighted by Crippen LogP contribution is 2.54. The van der Waals surface area contributed by atoms with Crippen LogP contribution in [0.1, 0.15) is 77.7 Å². The summed E-state index contributed by atoms with van der Waals surface area (Å²) in [5.74, 6) is -8.04. The van der Waals surface area contributed by atoms with E-state index in [2.05, 4.69) is 5.32 Å². The van der Waals surface area contributed by atoms with Crippen LogP contribution < -0.4 is 14.8 Å². The highest BCUT2D eigenvalue weighted by molar-refractivity contribution is 6.21. The molecule has 5 rings (SSSR count). The molecule has 0 unspecified atom stereocenters. The standard InChI is InChI=1S/C43H58N2O13/c1-12-17-45(10)31(47)20-55-30-19-28-38(51)33-32(30)34-40(26(7)37(33)50)58-43(9,41(34)52)56-18-16-29(54-11)23(4)39(57-27(8)46)25(6)36(49)24(5)35(48)21(2)14-13-15-22(3)42(53)44-28/h13-16,18-19,21,23-25,29,35-36,39,48-51H,12,17,20H2,1-11H3,(H,44,53)/b14-13-,18-16-,22-15-/t21-,23+,24+,25+,29-,35-,36+,39+,43-/m0/s1. The predicted molar refractivity (Wildman–Crippen MR) is 216 cm³/mol. The fraction of sp³-hybridized carbons (Fsp3) is 0.535. The number of hydrogen-bond donors (Lipinski definition) is 5. The molecule has 3 aliphatic heterocycles. The average molecular weight is 811 g/mol. The molecule has 0 radical (unpaired) electrons. The van der Waals surface area contributed by atoms with Gasteiger partial charge in [0, 0.05) is 80.8 Å². The number of nitrogens with one attached hydrogen (secondary N) is 1. The summed E-state index contributed by atoms with van der Waals surface area (Å²) in [6.45, 7) is 14.4. The third kappa shape index (κ3) is 9.27. The van der Waals surface area contributed by atoms with Crippen LogP contribution >= 0.6 is 0 Å². The summed E-state index contributed by atoms with van der Waals surface area (Å²) in [5.41, 5.74) is -0.0111. The molecule has 2 aromatic carbocycles. The van der Waals surface area contributed by atoms with Gasteiger partial charge in [-0.05, 0) is 26.3 Å². The molecule has 15 heteroatoms. The van der Waals surface area contributed by atoms with Gasteiger partial charge in [0.1, 0.15) is 23.4 Å². The lowest BCUT2D eigenvalue weighted by Gasteiger charge is -2.38. The Hall–Kier alpha value is -5.12. The number of likely N-dealkylation sites (N-methyl/N-ethyl adjacent to an activating group) is 1. The van der Waals surface area contributed by atoms with Gasteiger partial charge in [0.15, 0.2) is 12.4 Å². The number of hydrogen-bond acceptors (Lipinski definition) is 13. The molecule has 3 heterocycles. The van der Waals surface area contributed by atoms with E-state index < -0.39 is 89.6 Å². The van der Waals surface area contributed by atoms with Crippen molar-refractivity contribution in [2.24, 2.45) is 23.7 Å². The maximum Gasteiger partial charge on any atom is 0.312 e. The Labute approximate surface area is 339 Å². The molecule has 0 saturated heterocycles. The molecule has 0 saturated carbocycles. The van der Waals surface area contributed by atoms with Crippen molar-refractivity contribution in [3.63, 3.8) is 0 Å². The van der Waals surface area contributed by atoms with E-state index in [1.165, 1.54) is 64.2 Å². The van der Waals surface area contributed by atoms with Crippen LogP contribution in [0.25, 0.3) is 10.8 Å². The fourth-order valence-electron chi connectivity index (χ4n) is 7.46. The summed E-state index contributed by atoms with van der Waals surface area (Å²) >= 11 is 0. The molecular weight excluding hydrogens is 752 g/mol. The maximum absolute atomic E-state index is 14.4. The minimum atomic E-state index is -2.02. The highest BCUT2D eigenvalue weighted by atomic mass is 16.7. The number of anilines is 1. The minimum Gasteiger partial charge on any atom is -0.507 e. The number of carbonyl (C=O) groups is 4. The van der Waals surface area contributed by atoms with E-state index in [1.807, 2.05) is 6.92 Å². The third-order valence-corrected chi connectivity index (χ3v) is 11.2. The van der Waals surface area contributed by atoms with Crippen LogP contribution in [-0.2, 0) is 28.6 Å². The van der Waals surface area contributed by atoms with Gasteiger partial charge in [-0.15, -0.1) is 0 Å². The van der Waals surface area contributed by atoms with Gasteiger partial charge in [-0.2, -0.15) is 0 Å². The molecular formula is C43H58N2O13. The quantitative estimate of drug-likeness (QED) is 0.178. The number of fused-ring (bicyclic) bond motifs is 14. The number of benzene rings is 2. The van der Waals surface area contributed by atoms with Crippen molar-refractivity contribution < 1.29 is 63.3 Å². The molecule has 2 amide bonds. The minimum absolute atomic E-state index is 0.0580. The van der Waals surface area contributed by atoms with Gasteiger partial charge in [-0.1, -0.05) is 52.8 Å². The fourth-order valence-corrected chi connectivity index (χ4v) is 7.46.